The zero-order valence-electron chi connectivity index (χ0n) is 16.7. The largest absolute Gasteiger partial charge is 0.497 e. The van der Waals surface area contributed by atoms with Crippen LogP contribution in [-0.2, 0) is 16.1 Å². The van der Waals surface area contributed by atoms with Crippen molar-refractivity contribution < 1.29 is 18.8 Å². The predicted octanol–water partition coefficient (Wildman–Crippen LogP) is 4.26. The van der Waals surface area contributed by atoms with Gasteiger partial charge in [0, 0.05) is 29.1 Å². The standard InChI is InChI=1S/C22H23N3O4/c1-14-12-17(15(2)25(14)18-7-8-18)6-11-21(26)28-13-20-23-22(24-29-20)16-4-9-19(27-3)10-5-16/h4-6,9-12,18H,7-8,13H2,1-3H3/b11-6+. The summed E-state index contributed by atoms with van der Waals surface area (Å²) in [7, 11) is 1.61. The molecule has 7 nitrogen and oxygen atoms in total. The lowest BCUT2D eigenvalue weighted by atomic mass is 10.2. The van der Waals surface area contributed by atoms with Crippen LogP contribution in [-0.4, -0.2) is 27.8 Å². The van der Waals surface area contributed by atoms with Gasteiger partial charge in [-0.2, -0.15) is 4.98 Å². The Balaban J connectivity index is 1.34. The molecule has 0 spiro atoms. The van der Waals surface area contributed by atoms with Gasteiger partial charge in [-0.3, -0.25) is 0 Å². The number of rotatable bonds is 7. The SMILES string of the molecule is COc1ccc(-c2noc(COC(=O)/C=C/c3cc(C)n(C4CC4)c3C)n2)cc1. The second-order valence-electron chi connectivity index (χ2n) is 7.11. The highest BCUT2D eigenvalue weighted by atomic mass is 16.6. The molecule has 7 heteroatoms. The summed E-state index contributed by atoms with van der Waals surface area (Å²) in [6, 6.07) is 10.0. The minimum absolute atomic E-state index is 0.0760. The molecular formula is C22H23N3O4. The number of carbonyl (C=O) groups excluding carboxylic acids is 1. The maximum Gasteiger partial charge on any atom is 0.331 e. The molecule has 0 N–H and O–H groups in total. The number of hydrogen-bond donors (Lipinski definition) is 0. The van der Waals surface area contributed by atoms with E-state index in [9.17, 15) is 4.79 Å². The summed E-state index contributed by atoms with van der Waals surface area (Å²) in [4.78, 5) is 16.3. The van der Waals surface area contributed by atoms with Gasteiger partial charge in [0.25, 0.3) is 5.89 Å². The molecular weight excluding hydrogens is 370 g/mol. The van der Waals surface area contributed by atoms with Crippen LogP contribution in [0.2, 0.25) is 0 Å². The van der Waals surface area contributed by atoms with Crippen LogP contribution in [0.25, 0.3) is 17.5 Å². The highest BCUT2D eigenvalue weighted by Crippen LogP contribution is 2.38. The van der Waals surface area contributed by atoms with E-state index in [-0.39, 0.29) is 12.5 Å². The Labute approximate surface area is 168 Å². The van der Waals surface area contributed by atoms with Gasteiger partial charge in [-0.05, 0) is 68.7 Å². The lowest BCUT2D eigenvalue weighted by Gasteiger charge is -2.06. The fraction of sp³-hybridized carbons (Fsp3) is 0.318. The van der Waals surface area contributed by atoms with Crippen molar-refractivity contribution in [3.63, 3.8) is 0 Å². The van der Waals surface area contributed by atoms with Gasteiger partial charge in [-0.15, -0.1) is 0 Å². The first-order valence-electron chi connectivity index (χ1n) is 9.55. The molecule has 29 heavy (non-hydrogen) atoms. The van der Waals surface area contributed by atoms with E-state index in [0.717, 1.165) is 16.9 Å². The minimum Gasteiger partial charge on any atom is -0.497 e. The van der Waals surface area contributed by atoms with Crippen LogP contribution >= 0.6 is 0 Å². The predicted molar refractivity (Wildman–Crippen MR) is 107 cm³/mol. The molecule has 3 aromatic rings. The van der Waals surface area contributed by atoms with E-state index < -0.39 is 5.97 Å². The Morgan fingerprint density at radius 3 is 2.72 bits per heavy atom. The molecule has 1 aromatic carbocycles. The van der Waals surface area contributed by atoms with Crippen molar-refractivity contribution in [3.8, 4) is 17.1 Å². The number of hydrogen-bond acceptors (Lipinski definition) is 6. The van der Waals surface area contributed by atoms with Crippen molar-refractivity contribution >= 4 is 12.0 Å². The molecule has 1 fully saturated rings. The molecule has 0 bridgehead atoms. The zero-order chi connectivity index (χ0) is 20.4. The molecule has 4 rings (SSSR count). The molecule has 1 aliphatic carbocycles. The van der Waals surface area contributed by atoms with E-state index in [4.69, 9.17) is 14.0 Å². The van der Waals surface area contributed by atoms with Crippen LogP contribution in [0.4, 0.5) is 0 Å². The molecule has 1 saturated carbocycles. The first kappa shape index (κ1) is 19.0. The summed E-state index contributed by atoms with van der Waals surface area (Å²) < 4.78 is 17.9. The van der Waals surface area contributed by atoms with Gasteiger partial charge in [0.15, 0.2) is 6.61 Å². The highest BCUT2D eigenvalue weighted by Gasteiger charge is 2.26. The zero-order valence-corrected chi connectivity index (χ0v) is 16.7. The second-order valence-corrected chi connectivity index (χ2v) is 7.11. The Hall–Kier alpha value is -3.35. The normalized spacial score (nSPS) is 13.8. The first-order chi connectivity index (χ1) is 14.0. The number of aryl methyl sites for hydroxylation is 1. The molecule has 0 radical (unpaired) electrons. The van der Waals surface area contributed by atoms with Crippen molar-refractivity contribution in [1.29, 1.82) is 0 Å². The fourth-order valence-corrected chi connectivity index (χ4v) is 3.38. The Morgan fingerprint density at radius 1 is 1.28 bits per heavy atom. The monoisotopic (exact) mass is 393 g/mol. The van der Waals surface area contributed by atoms with Gasteiger partial charge in [-0.1, -0.05) is 5.16 Å². The molecule has 0 amide bonds. The molecule has 0 saturated heterocycles. The second kappa shape index (κ2) is 7.95. The maximum absolute atomic E-state index is 12.1. The maximum atomic E-state index is 12.1. The van der Waals surface area contributed by atoms with Crippen LogP contribution in [0.1, 0.15) is 41.7 Å². The fourth-order valence-electron chi connectivity index (χ4n) is 3.38. The smallest absolute Gasteiger partial charge is 0.331 e. The van der Waals surface area contributed by atoms with Gasteiger partial charge >= 0.3 is 5.97 Å². The molecule has 1 aliphatic rings. The van der Waals surface area contributed by atoms with Crippen LogP contribution in [0, 0.1) is 13.8 Å². The number of nitrogens with zero attached hydrogens (tertiary/aromatic N) is 3. The molecule has 2 aromatic heterocycles. The van der Waals surface area contributed by atoms with Gasteiger partial charge in [0.2, 0.25) is 5.82 Å². The summed E-state index contributed by atoms with van der Waals surface area (Å²) in [5.74, 6) is 0.966. The number of methoxy groups -OCH3 is 1. The number of ether oxygens (including phenoxy) is 2. The van der Waals surface area contributed by atoms with Crippen molar-refractivity contribution in [3.05, 3.63) is 59.2 Å². The van der Waals surface area contributed by atoms with E-state index in [1.165, 1.54) is 30.3 Å². The van der Waals surface area contributed by atoms with Gasteiger partial charge in [-0.25, -0.2) is 4.79 Å². The summed E-state index contributed by atoms with van der Waals surface area (Å²) in [6.45, 7) is 4.10. The van der Waals surface area contributed by atoms with Crippen LogP contribution in [0.5, 0.6) is 5.75 Å². The molecule has 0 atom stereocenters. The molecule has 150 valence electrons. The van der Waals surface area contributed by atoms with Crippen molar-refractivity contribution in [2.75, 3.05) is 7.11 Å². The van der Waals surface area contributed by atoms with E-state index >= 15 is 0 Å². The summed E-state index contributed by atoms with van der Waals surface area (Å²) in [5.41, 5.74) is 4.22. The Morgan fingerprint density at radius 2 is 2.03 bits per heavy atom. The Bertz CT molecular complexity index is 1040. The number of carbonyl (C=O) groups is 1. The van der Waals surface area contributed by atoms with Crippen molar-refractivity contribution in [1.82, 2.24) is 14.7 Å². The number of aromatic nitrogens is 3. The van der Waals surface area contributed by atoms with Gasteiger partial charge in [0.05, 0.1) is 7.11 Å². The molecule has 0 unspecified atom stereocenters. The van der Waals surface area contributed by atoms with Crippen LogP contribution in [0.3, 0.4) is 0 Å². The highest BCUT2D eigenvalue weighted by molar-refractivity contribution is 5.87. The molecule has 2 heterocycles. The topological polar surface area (TPSA) is 79.4 Å². The van der Waals surface area contributed by atoms with Gasteiger partial charge < -0.3 is 18.6 Å². The minimum atomic E-state index is -0.453. The first-order valence-corrected chi connectivity index (χ1v) is 9.55. The van der Waals surface area contributed by atoms with E-state index in [2.05, 4.69) is 34.6 Å². The lowest BCUT2D eigenvalue weighted by molar-refractivity contribution is -0.139. The number of esters is 1. The van der Waals surface area contributed by atoms with Crippen molar-refractivity contribution in [2.45, 2.75) is 39.3 Å². The lowest BCUT2D eigenvalue weighted by Crippen LogP contribution is -2.01. The number of benzene rings is 1. The van der Waals surface area contributed by atoms with Crippen molar-refractivity contribution in [2.24, 2.45) is 0 Å². The average molecular weight is 393 g/mol. The third-order valence-corrected chi connectivity index (χ3v) is 4.99. The van der Waals surface area contributed by atoms with Crippen LogP contribution in [0.15, 0.2) is 40.9 Å². The quantitative estimate of drug-likeness (QED) is 0.441. The van der Waals surface area contributed by atoms with E-state index in [1.54, 1.807) is 13.2 Å². The summed E-state index contributed by atoms with van der Waals surface area (Å²) >= 11 is 0. The Kier molecular flexibility index (Phi) is 5.20. The van der Waals surface area contributed by atoms with E-state index in [1.807, 2.05) is 24.3 Å². The average Bonchev–Trinajstić information content (AvgIpc) is 3.37. The van der Waals surface area contributed by atoms with E-state index in [0.29, 0.717) is 11.9 Å². The van der Waals surface area contributed by atoms with Gasteiger partial charge in [0.1, 0.15) is 5.75 Å². The summed E-state index contributed by atoms with van der Waals surface area (Å²) in [5, 5.41) is 3.92. The summed E-state index contributed by atoms with van der Waals surface area (Å²) in [6.07, 6.45) is 5.68. The third-order valence-electron chi connectivity index (χ3n) is 4.99. The third kappa shape index (κ3) is 4.23. The van der Waals surface area contributed by atoms with Crippen LogP contribution < -0.4 is 4.74 Å². The molecule has 0 aliphatic heterocycles.